The van der Waals surface area contributed by atoms with Gasteiger partial charge in [-0.2, -0.15) is 0 Å². The molecule has 6 rings (SSSR count). The van der Waals surface area contributed by atoms with Gasteiger partial charge >= 0.3 is 230 Å². The smallest absolute Gasteiger partial charge is 1.00 e. The van der Waals surface area contributed by atoms with Gasteiger partial charge in [-0.15, -0.1) is 0 Å². The average molecular weight is 633 g/mol. The number of fused-ring (bicyclic) bond motifs is 4. The molecular formula is C34H34Cl2SiZr. The Morgan fingerprint density at radius 1 is 0.816 bits per heavy atom. The van der Waals surface area contributed by atoms with E-state index in [-0.39, 0.29) is 24.8 Å². The van der Waals surface area contributed by atoms with E-state index in [0.717, 1.165) is 6.42 Å². The Kier molecular flexibility index (Phi) is 9.42. The van der Waals surface area contributed by atoms with E-state index in [9.17, 15) is 0 Å². The van der Waals surface area contributed by atoms with Crippen molar-refractivity contribution in [3.8, 4) is 22.3 Å². The van der Waals surface area contributed by atoms with Crippen LogP contribution in [0.15, 0.2) is 90.5 Å². The second-order valence-corrected chi connectivity index (χ2v) is 25.3. The molecule has 0 fully saturated rings. The third-order valence-electron chi connectivity index (χ3n) is 8.13. The first-order valence-electron chi connectivity index (χ1n) is 13.5. The van der Waals surface area contributed by atoms with E-state index >= 15 is 0 Å². The van der Waals surface area contributed by atoms with Gasteiger partial charge in [-0.25, -0.2) is 0 Å². The Morgan fingerprint density at radius 3 is 2.26 bits per heavy atom. The van der Waals surface area contributed by atoms with Crippen molar-refractivity contribution in [2.24, 2.45) is 5.92 Å². The molecule has 0 aromatic heterocycles. The van der Waals surface area contributed by atoms with Crippen LogP contribution in [-0.2, 0) is 28.8 Å². The van der Waals surface area contributed by atoms with Crippen LogP contribution in [0.3, 0.4) is 0 Å². The average Bonchev–Trinajstić information content (AvgIpc) is 3.47. The van der Waals surface area contributed by atoms with Gasteiger partial charge < -0.3 is 24.8 Å². The molecule has 0 saturated heterocycles. The van der Waals surface area contributed by atoms with Crippen LogP contribution in [0.5, 0.6) is 0 Å². The summed E-state index contributed by atoms with van der Waals surface area (Å²) >= 11 is -0.583. The second kappa shape index (κ2) is 12.2. The molecular weight excluding hydrogens is 599 g/mol. The molecule has 4 aromatic rings. The zero-order valence-corrected chi connectivity index (χ0v) is 27.7. The van der Waals surface area contributed by atoms with Crippen molar-refractivity contribution in [2.75, 3.05) is 0 Å². The molecule has 0 spiro atoms. The van der Waals surface area contributed by atoms with Crippen LogP contribution in [0, 0.1) is 5.92 Å². The number of allylic oxidation sites excluding steroid dienone is 1. The predicted molar refractivity (Wildman–Crippen MR) is 154 cm³/mol. The second-order valence-electron chi connectivity index (χ2n) is 10.7. The summed E-state index contributed by atoms with van der Waals surface area (Å²) in [6.45, 7) is 9.94. The SMILES string of the molecule is CCC(C)C1=Cc2c(-c3ccccc3)cccc2C1c1[c]([Zr+2][SiH](C)C)ccc2c1Cc1ccccc1-2.[Cl-].[Cl-]. The molecule has 4 aromatic carbocycles. The van der Waals surface area contributed by atoms with Crippen LogP contribution in [0.1, 0.15) is 54.0 Å². The minimum atomic E-state index is -0.617. The van der Waals surface area contributed by atoms with Gasteiger partial charge in [0.25, 0.3) is 0 Å². The Hall–Kier alpha value is -1.70. The van der Waals surface area contributed by atoms with Gasteiger partial charge in [0.1, 0.15) is 0 Å². The largest absolute Gasteiger partial charge is 1.00 e. The molecule has 4 heteroatoms. The molecule has 0 aliphatic heterocycles. The maximum atomic E-state index is 2.58. The maximum Gasteiger partial charge on any atom is -1.00 e. The minimum absolute atomic E-state index is 0. The Labute approximate surface area is 252 Å². The number of hydrogen-bond acceptors (Lipinski definition) is 0. The normalized spacial score (nSPS) is 15.4. The summed E-state index contributed by atoms with van der Waals surface area (Å²) < 4.78 is 1.77. The zero-order chi connectivity index (χ0) is 24.8. The molecule has 2 aliphatic carbocycles. The summed E-state index contributed by atoms with van der Waals surface area (Å²) in [5.41, 5.74) is 15.1. The molecule has 0 radical (unpaired) electrons. The van der Waals surface area contributed by atoms with Crippen LogP contribution in [0.2, 0.25) is 13.1 Å². The van der Waals surface area contributed by atoms with Crippen LogP contribution in [-0.4, -0.2) is 5.92 Å². The van der Waals surface area contributed by atoms with Gasteiger partial charge in [0.2, 0.25) is 0 Å². The van der Waals surface area contributed by atoms with Crippen molar-refractivity contribution in [3.05, 3.63) is 118 Å². The Morgan fingerprint density at radius 2 is 1.53 bits per heavy atom. The van der Waals surface area contributed by atoms with Crippen LogP contribution < -0.4 is 28.1 Å². The van der Waals surface area contributed by atoms with Crippen molar-refractivity contribution >= 4 is 15.3 Å². The van der Waals surface area contributed by atoms with E-state index in [1.807, 2.05) is 0 Å². The minimum Gasteiger partial charge on any atom is -1.00 e. The monoisotopic (exact) mass is 630 g/mol. The summed E-state index contributed by atoms with van der Waals surface area (Å²) in [5, 5.41) is 0. The summed E-state index contributed by atoms with van der Waals surface area (Å²) in [7, 11) is 0. The zero-order valence-electron chi connectivity index (χ0n) is 22.6. The van der Waals surface area contributed by atoms with Crippen LogP contribution in [0.25, 0.3) is 28.3 Å². The molecule has 38 heavy (non-hydrogen) atoms. The number of rotatable bonds is 6. The van der Waals surface area contributed by atoms with Crippen LogP contribution >= 0.6 is 0 Å². The summed E-state index contributed by atoms with van der Waals surface area (Å²) in [4.78, 5) is 0. The van der Waals surface area contributed by atoms with E-state index in [2.05, 4.69) is 118 Å². The summed E-state index contributed by atoms with van der Waals surface area (Å²) in [6.07, 6.45) is 4.85. The van der Waals surface area contributed by atoms with Gasteiger partial charge in [-0.3, -0.25) is 0 Å². The maximum absolute atomic E-state index is 2.58. The standard InChI is InChI=1S/C32H27.C2H7Si.2ClH.Zr/c1-3-21(2)29-20-31-24(22-11-5-4-6-12-22)15-9-17-28(31)32(29)27-18-10-16-26-25-14-8-7-13-23(25)19-30(26)27;1-3-2;;;/h4-17,20-21,32H,3,19H2,1-2H3;3H,1-2H3;2*1H;/q;;;;+2/p-2. The molecule has 2 aliphatic rings. The Bertz CT molecular complexity index is 1480. The molecule has 2 unspecified atom stereocenters. The Balaban J connectivity index is 0.00000168. The van der Waals surface area contributed by atoms with Crippen molar-refractivity contribution < 1.29 is 47.2 Å². The topological polar surface area (TPSA) is 0 Å². The summed E-state index contributed by atoms with van der Waals surface area (Å²) in [6, 6.07) is 32.2. The molecule has 0 nitrogen and oxygen atoms in total. The number of hydrogen-bond donors (Lipinski definition) is 0. The van der Waals surface area contributed by atoms with Crippen molar-refractivity contribution in [1.29, 1.82) is 0 Å². The molecule has 0 saturated carbocycles. The molecule has 2 atom stereocenters. The molecule has 0 amide bonds. The number of benzene rings is 4. The van der Waals surface area contributed by atoms with E-state index in [4.69, 9.17) is 0 Å². The van der Waals surface area contributed by atoms with E-state index in [1.165, 1.54) is 45.4 Å². The van der Waals surface area contributed by atoms with E-state index < -0.39 is 28.3 Å². The van der Waals surface area contributed by atoms with E-state index in [1.54, 1.807) is 20.0 Å². The molecule has 0 N–H and O–H groups in total. The molecule has 0 heterocycles. The number of halogens is 2. The predicted octanol–water partition coefficient (Wildman–Crippen LogP) is 2.20. The molecule has 0 bridgehead atoms. The first-order chi connectivity index (χ1) is 17.6. The fourth-order valence-corrected chi connectivity index (χ4v) is 14.5. The third-order valence-corrected chi connectivity index (χ3v) is 16.6. The quantitative estimate of drug-likeness (QED) is 0.252. The van der Waals surface area contributed by atoms with Gasteiger partial charge in [-0.05, 0) is 0 Å². The third kappa shape index (κ3) is 5.11. The molecule has 192 valence electrons. The van der Waals surface area contributed by atoms with Gasteiger partial charge in [0, 0.05) is 0 Å². The van der Waals surface area contributed by atoms with Crippen molar-refractivity contribution in [2.45, 2.75) is 45.7 Å². The van der Waals surface area contributed by atoms with Gasteiger partial charge in [0.05, 0.1) is 0 Å². The van der Waals surface area contributed by atoms with E-state index in [0.29, 0.717) is 11.8 Å². The van der Waals surface area contributed by atoms with Gasteiger partial charge in [0.15, 0.2) is 0 Å². The first-order valence-corrected chi connectivity index (χ1v) is 21.8. The summed E-state index contributed by atoms with van der Waals surface area (Å²) in [5.74, 6) is 0.347. The first kappa shape index (κ1) is 29.3. The fourth-order valence-electron chi connectivity index (χ4n) is 6.28. The fraction of sp³-hybridized carbons (Fsp3) is 0.235. The van der Waals surface area contributed by atoms with Crippen molar-refractivity contribution in [1.82, 2.24) is 0 Å². The van der Waals surface area contributed by atoms with Crippen LogP contribution in [0.4, 0.5) is 0 Å². The van der Waals surface area contributed by atoms with Gasteiger partial charge in [-0.1, -0.05) is 0 Å². The van der Waals surface area contributed by atoms with Crippen molar-refractivity contribution in [3.63, 3.8) is 0 Å².